The molecule has 6 heteroatoms. The lowest BCUT2D eigenvalue weighted by Gasteiger charge is -2.10. The van der Waals surface area contributed by atoms with Gasteiger partial charge in [0, 0.05) is 17.1 Å². The summed E-state index contributed by atoms with van der Waals surface area (Å²) in [5.41, 5.74) is 4.25. The number of thioether (sulfide) groups is 1. The largest absolute Gasteiger partial charge is 0.497 e. The van der Waals surface area contributed by atoms with Gasteiger partial charge in [-0.25, -0.2) is 0 Å². The molecular formula is C17H16N2O2S2. The van der Waals surface area contributed by atoms with Crippen LogP contribution in [0.25, 0.3) is 11.8 Å². The molecule has 0 spiro atoms. The molecule has 0 radical (unpaired) electrons. The van der Waals surface area contributed by atoms with Crippen LogP contribution >= 0.6 is 24.0 Å². The summed E-state index contributed by atoms with van der Waals surface area (Å²) in [6, 6.07) is 9.97. The first kappa shape index (κ1) is 15.8. The fraction of sp³-hybridized carbons (Fsp3) is 0.176. The monoisotopic (exact) mass is 344 g/mol. The van der Waals surface area contributed by atoms with Crippen molar-refractivity contribution < 1.29 is 9.53 Å². The topological polar surface area (TPSA) is 43.3 Å². The summed E-state index contributed by atoms with van der Waals surface area (Å²) in [7, 11) is 1.65. The lowest BCUT2D eigenvalue weighted by Crippen LogP contribution is -2.17. The molecule has 1 aromatic heterocycles. The molecule has 23 heavy (non-hydrogen) atoms. The van der Waals surface area contributed by atoms with E-state index in [-0.39, 0.29) is 5.91 Å². The summed E-state index contributed by atoms with van der Waals surface area (Å²) in [5.74, 6) is 0.695. The van der Waals surface area contributed by atoms with E-state index in [1.54, 1.807) is 7.11 Å². The van der Waals surface area contributed by atoms with Crippen molar-refractivity contribution >= 4 is 40.3 Å². The van der Waals surface area contributed by atoms with Crippen molar-refractivity contribution in [3.63, 3.8) is 0 Å². The van der Waals surface area contributed by atoms with Gasteiger partial charge in [-0.3, -0.25) is 4.79 Å². The van der Waals surface area contributed by atoms with Crippen LogP contribution in [0.5, 0.6) is 5.75 Å². The van der Waals surface area contributed by atoms with Crippen LogP contribution in [0.4, 0.5) is 0 Å². The maximum atomic E-state index is 11.8. The van der Waals surface area contributed by atoms with Crippen molar-refractivity contribution in [2.75, 3.05) is 7.11 Å². The van der Waals surface area contributed by atoms with Gasteiger partial charge in [0.25, 0.3) is 5.91 Å². The van der Waals surface area contributed by atoms with Crippen LogP contribution in [0.3, 0.4) is 0 Å². The number of aromatic nitrogens is 1. The summed E-state index contributed by atoms with van der Waals surface area (Å²) >= 11 is 6.33. The van der Waals surface area contributed by atoms with Gasteiger partial charge in [0.2, 0.25) is 0 Å². The number of carbonyl (C=O) groups is 1. The van der Waals surface area contributed by atoms with Gasteiger partial charge in [-0.15, -0.1) is 0 Å². The number of nitrogens with zero attached hydrogens (tertiary/aromatic N) is 1. The summed E-state index contributed by atoms with van der Waals surface area (Å²) in [4.78, 5) is 12.5. The molecule has 0 aliphatic carbocycles. The highest BCUT2D eigenvalue weighted by Crippen LogP contribution is 2.29. The fourth-order valence-electron chi connectivity index (χ4n) is 2.62. The standard InChI is InChI=1S/C17H16N2O2S2/c1-10-8-12(9-15-16(20)18-17(22)23-15)11(2)19(10)13-4-6-14(21-3)7-5-13/h4-9H,1-3H3,(H,18,20,22). The Bertz CT molecular complexity index is 820. The van der Waals surface area contributed by atoms with Crippen LogP contribution in [0.15, 0.2) is 35.2 Å². The van der Waals surface area contributed by atoms with Crippen LogP contribution in [-0.2, 0) is 4.79 Å². The second-order valence-electron chi connectivity index (χ2n) is 5.21. The van der Waals surface area contributed by atoms with Gasteiger partial charge >= 0.3 is 0 Å². The van der Waals surface area contributed by atoms with Crippen molar-refractivity contribution in [1.82, 2.24) is 9.88 Å². The van der Waals surface area contributed by atoms with Crippen molar-refractivity contribution in [2.45, 2.75) is 13.8 Å². The van der Waals surface area contributed by atoms with Gasteiger partial charge in [-0.2, -0.15) is 0 Å². The number of thiocarbonyl (C=S) groups is 1. The number of aryl methyl sites for hydroxylation is 1. The molecule has 1 aliphatic heterocycles. The minimum absolute atomic E-state index is 0.130. The number of ether oxygens (including phenoxy) is 1. The molecule has 118 valence electrons. The molecule has 1 aromatic carbocycles. The number of amides is 1. The first-order chi connectivity index (χ1) is 11.0. The first-order valence-corrected chi connectivity index (χ1v) is 8.30. The zero-order valence-corrected chi connectivity index (χ0v) is 14.7. The highest BCUT2D eigenvalue weighted by atomic mass is 32.2. The molecule has 4 nitrogen and oxygen atoms in total. The van der Waals surface area contributed by atoms with E-state index in [0.29, 0.717) is 9.23 Å². The van der Waals surface area contributed by atoms with Crippen LogP contribution < -0.4 is 10.1 Å². The van der Waals surface area contributed by atoms with Crippen LogP contribution in [0.1, 0.15) is 17.0 Å². The van der Waals surface area contributed by atoms with Gasteiger partial charge in [-0.1, -0.05) is 24.0 Å². The highest BCUT2D eigenvalue weighted by Gasteiger charge is 2.22. The molecule has 1 saturated heterocycles. The lowest BCUT2D eigenvalue weighted by molar-refractivity contribution is -0.115. The molecule has 2 heterocycles. The number of rotatable bonds is 3. The van der Waals surface area contributed by atoms with Crippen molar-refractivity contribution in [1.29, 1.82) is 0 Å². The molecular weight excluding hydrogens is 328 g/mol. The Kier molecular flexibility index (Phi) is 4.28. The third-order valence-electron chi connectivity index (χ3n) is 3.73. The van der Waals surface area contributed by atoms with Gasteiger partial charge in [0.1, 0.15) is 10.1 Å². The molecule has 1 fully saturated rings. The predicted molar refractivity (Wildman–Crippen MR) is 98.1 cm³/mol. The number of benzene rings is 1. The molecule has 0 atom stereocenters. The van der Waals surface area contributed by atoms with E-state index in [4.69, 9.17) is 17.0 Å². The summed E-state index contributed by atoms with van der Waals surface area (Å²) in [6.45, 7) is 4.09. The normalized spacial score (nSPS) is 16.0. The molecule has 1 amide bonds. The van der Waals surface area contributed by atoms with Crippen molar-refractivity contribution in [2.24, 2.45) is 0 Å². The average Bonchev–Trinajstić information content (AvgIpc) is 2.99. The lowest BCUT2D eigenvalue weighted by atomic mass is 10.2. The van der Waals surface area contributed by atoms with Gasteiger partial charge in [0.15, 0.2) is 0 Å². The minimum atomic E-state index is -0.130. The average molecular weight is 344 g/mol. The van der Waals surface area contributed by atoms with Crippen molar-refractivity contribution in [3.05, 3.63) is 52.2 Å². The number of hydrogen-bond acceptors (Lipinski definition) is 4. The summed E-state index contributed by atoms with van der Waals surface area (Å²) in [5, 5.41) is 2.64. The molecule has 1 N–H and O–H groups in total. The second kappa shape index (κ2) is 6.22. The van der Waals surface area contributed by atoms with Gasteiger partial charge in [-0.05, 0) is 55.8 Å². The number of hydrogen-bond donors (Lipinski definition) is 1. The smallest absolute Gasteiger partial charge is 0.263 e. The van der Waals surface area contributed by atoms with E-state index < -0.39 is 0 Å². The Balaban J connectivity index is 2.01. The number of methoxy groups -OCH3 is 1. The fourth-order valence-corrected chi connectivity index (χ4v) is 3.66. The van der Waals surface area contributed by atoms with Gasteiger partial charge in [0.05, 0.1) is 12.0 Å². The van der Waals surface area contributed by atoms with Gasteiger partial charge < -0.3 is 14.6 Å². The number of nitrogens with one attached hydrogen (secondary N) is 1. The third-order valence-corrected chi connectivity index (χ3v) is 4.89. The quantitative estimate of drug-likeness (QED) is 0.683. The molecule has 1 aliphatic rings. The molecule has 3 rings (SSSR count). The van der Waals surface area contributed by atoms with E-state index >= 15 is 0 Å². The van der Waals surface area contributed by atoms with E-state index in [1.807, 2.05) is 44.2 Å². The third kappa shape index (κ3) is 3.04. The zero-order valence-electron chi connectivity index (χ0n) is 13.0. The number of carbonyl (C=O) groups excluding carboxylic acids is 1. The first-order valence-electron chi connectivity index (χ1n) is 7.08. The maximum absolute atomic E-state index is 11.8. The maximum Gasteiger partial charge on any atom is 0.263 e. The molecule has 0 bridgehead atoms. The van der Waals surface area contributed by atoms with Crippen LogP contribution in [-0.4, -0.2) is 21.9 Å². The molecule has 0 saturated carbocycles. The van der Waals surface area contributed by atoms with E-state index in [9.17, 15) is 4.79 Å². The van der Waals surface area contributed by atoms with Crippen LogP contribution in [0, 0.1) is 13.8 Å². The Morgan fingerprint density at radius 1 is 1.26 bits per heavy atom. The second-order valence-corrected chi connectivity index (χ2v) is 6.93. The Morgan fingerprint density at radius 3 is 2.52 bits per heavy atom. The summed E-state index contributed by atoms with van der Waals surface area (Å²) in [6.07, 6.45) is 1.89. The van der Waals surface area contributed by atoms with Crippen molar-refractivity contribution in [3.8, 4) is 11.4 Å². The van der Waals surface area contributed by atoms with E-state index in [1.165, 1.54) is 11.8 Å². The Labute approximate surface area is 144 Å². The molecule has 0 unspecified atom stereocenters. The molecule has 2 aromatic rings. The predicted octanol–water partition coefficient (Wildman–Crippen LogP) is 3.59. The minimum Gasteiger partial charge on any atom is -0.497 e. The Hall–Kier alpha value is -2.05. The SMILES string of the molecule is COc1ccc(-n2c(C)cc(C=C3SC(=S)NC3=O)c2C)cc1. The van der Waals surface area contributed by atoms with Crippen LogP contribution in [0.2, 0.25) is 0 Å². The summed E-state index contributed by atoms with van der Waals surface area (Å²) < 4.78 is 7.86. The Morgan fingerprint density at radius 2 is 1.96 bits per heavy atom. The van der Waals surface area contributed by atoms with E-state index in [0.717, 1.165) is 28.4 Å². The highest BCUT2D eigenvalue weighted by molar-refractivity contribution is 8.26. The van der Waals surface area contributed by atoms with E-state index in [2.05, 4.69) is 16.0 Å². The zero-order chi connectivity index (χ0) is 16.6.